The van der Waals surface area contributed by atoms with Crippen LogP contribution in [0.5, 0.6) is 0 Å². The van der Waals surface area contributed by atoms with Gasteiger partial charge in [-0.05, 0) is 13.3 Å². The molecule has 0 saturated carbocycles. The minimum absolute atomic E-state index is 0.0447. The second kappa shape index (κ2) is 4.10. The van der Waals surface area contributed by atoms with Gasteiger partial charge in [-0.2, -0.15) is 0 Å². The topological polar surface area (TPSA) is 83.6 Å². The summed E-state index contributed by atoms with van der Waals surface area (Å²) in [6.07, 6.45) is 2.71. The Kier molecular flexibility index (Phi) is 3.78. The molecule has 4 N–H and O–H groups in total. The van der Waals surface area contributed by atoms with E-state index < -0.39 is 11.5 Å². The third kappa shape index (κ3) is 5.57. The number of nitrogens with two attached hydrogens (primary N) is 1. The molecule has 0 aliphatic heterocycles. The van der Waals surface area contributed by atoms with Gasteiger partial charge < -0.3 is 15.9 Å². The number of rotatable bonds is 4. The first-order valence-corrected chi connectivity index (χ1v) is 3.30. The van der Waals surface area contributed by atoms with E-state index in [-0.39, 0.29) is 6.61 Å². The Morgan fingerprint density at radius 1 is 1.73 bits per heavy atom. The highest BCUT2D eigenvalue weighted by atomic mass is 16.4. The van der Waals surface area contributed by atoms with Gasteiger partial charge in [0.05, 0.1) is 0 Å². The van der Waals surface area contributed by atoms with Crippen molar-refractivity contribution >= 4 is 5.97 Å². The Morgan fingerprint density at radius 2 is 2.27 bits per heavy atom. The van der Waals surface area contributed by atoms with E-state index in [1.807, 2.05) is 0 Å². The maximum atomic E-state index is 10.0. The third-order valence-electron chi connectivity index (χ3n) is 1.26. The zero-order valence-corrected chi connectivity index (χ0v) is 6.45. The van der Waals surface area contributed by atoms with Crippen LogP contribution in [0.4, 0.5) is 0 Å². The Balaban J connectivity index is 3.99. The summed E-state index contributed by atoms with van der Waals surface area (Å²) in [6, 6.07) is 0. The summed E-state index contributed by atoms with van der Waals surface area (Å²) in [5, 5.41) is 16.7. The lowest BCUT2D eigenvalue weighted by molar-refractivity contribution is -0.131. The maximum absolute atomic E-state index is 10.0. The molecule has 0 heterocycles. The highest BCUT2D eigenvalue weighted by Crippen LogP contribution is 2.05. The van der Waals surface area contributed by atoms with Gasteiger partial charge in [0.15, 0.2) is 0 Å². The summed E-state index contributed by atoms with van der Waals surface area (Å²) in [7, 11) is 0. The van der Waals surface area contributed by atoms with Crippen LogP contribution in [0, 0.1) is 0 Å². The summed E-state index contributed by atoms with van der Waals surface area (Å²) in [4.78, 5) is 10.0. The van der Waals surface area contributed by atoms with E-state index in [4.69, 9.17) is 15.9 Å². The standard InChI is InChI=1S/C7H13NO3/c1-7(8,4-5-9)3-2-6(10)11/h2-3,9H,4-5,8H2,1H3,(H,10,11). The molecule has 1 atom stereocenters. The van der Waals surface area contributed by atoms with E-state index in [0.717, 1.165) is 6.08 Å². The molecule has 4 heteroatoms. The summed E-state index contributed by atoms with van der Waals surface area (Å²) >= 11 is 0. The zero-order chi connectivity index (χ0) is 8.91. The van der Waals surface area contributed by atoms with Crippen LogP contribution in [0.3, 0.4) is 0 Å². The largest absolute Gasteiger partial charge is 0.478 e. The lowest BCUT2D eigenvalue weighted by atomic mass is 9.99. The van der Waals surface area contributed by atoms with Gasteiger partial charge in [-0.25, -0.2) is 4.79 Å². The SMILES string of the molecule is CC(N)(C=CC(=O)O)CCO. The minimum Gasteiger partial charge on any atom is -0.478 e. The van der Waals surface area contributed by atoms with Gasteiger partial charge in [0.1, 0.15) is 0 Å². The maximum Gasteiger partial charge on any atom is 0.328 e. The Hall–Kier alpha value is -0.870. The second-order valence-electron chi connectivity index (χ2n) is 2.65. The first-order valence-electron chi connectivity index (χ1n) is 3.30. The molecule has 0 aromatic carbocycles. The molecule has 0 aromatic rings. The van der Waals surface area contributed by atoms with Crippen LogP contribution in [0.1, 0.15) is 13.3 Å². The molecule has 0 fully saturated rings. The number of aliphatic carboxylic acids is 1. The van der Waals surface area contributed by atoms with Gasteiger partial charge in [0.2, 0.25) is 0 Å². The fourth-order valence-electron chi connectivity index (χ4n) is 0.586. The molecule has 0 saturated heterocycles. The van der Waals surface area contributed by atoms with Crippen molar-refractivity contribution in [3.63, 3.8) is 0 Å². The molecule has 0 bridgehead atoms. The first-order chi connectivity index (χ1) is 4.98. The predicted molar refractivity (Wildman–Crippen MR) is 41.1 cm³/mol. The molecule has 1 unspecified atom stereocenters. The number of hydrogen-bond acceptors (Lipinski definition) is 3. The number of hydrogen-bond donors (Lipinski definition) is 3. The number of carboxylic acid groups (broad SMARTS) is 1. The molecule has 0 aromatic heterocycles. The molecule has 0 radical (unpaired) electrons. The molecule has 11 heavy (non-hydrogen) atoms. The highest BCUT2D eigenvalue weighted by Gasteiger charge is 2.12. The van der Waals surface area contributed by atoms with E-state index in [2.05, 4.69) is 0 Å². The Morgan fingerprint density at radius 3 is 2.64 bits per heavy atom. The van der Waals surface area contributed by atoms with Crippen LogP contribution in [0.25, 0.3) is 0 Å². The van der Waals surface area contributed by atoms with E-state index in [9.17, 15) is 4.79 Å². The molecule has 0 rings (SSSR count). The van der Waals surface area contributed by atoms with Crippen LogP contribution in [-0.2, 0) is 4.79 Å². The molecule has 64 valence electrons. The van der Waals surface area contributed by atoms with E-state index in [1.54, 1.807) is 6.92 Å². The van der Waals surface area contributed by atoms with Crippen molar-refractivity contribution < 1.29 is 15.0 Å². The molecule has 0 amide bonds. The van der Waals surface area contributed by atoms with Crippen molar-refractivity contribution in [2.45, 2.75) is 18.9 Å². The Labute approximate surface area is 65.3 Å². The normalized spacial score (nSPS) is 16.6. The van der Waals surface area contributed by atoms with E-state index in [1.165, 1.54) is 6.08 Å². The fourth-order valence-corrected chi connectivity index (χ4v) is 0.586. The van der Waals surface area contributed by atoms with Crippen LogP contribution in [0.15, 0.2) is 12.2 Å². The molecule has 0 aliphatic rings. The summed E-state index contributed by atoms with van der Waals surface area (Å²) in [6.45, 7) is 1.61. The molecule has 4 nitrogen and oxygen atoms in total. The first kappa shape index (κ1) is 10.1. The van der Waals surface area contributed by atoms with Crippen LogP contribution in [-0.4, -0.2) is 28.3 Å². The smallest absolute Gasteiger partial charge is 0.328 e. The van der Waals surface area contributed by atoms with Gasteiger partial charge in [0, 0.05) is 18.2 Å². The summed E-state index contributed by atoms with van der Waals surface area (Å²) < 4.78 is 0. The number of carbonyl (C=O) groups is 1. The van der Waals surface area contributed by atoms with Gasteiger partial charge in [-0.1, -0.05) is 6.08 Å². The van der Waals surface area contributed by atoms with Gasteiger partial charge in [-0.3, -0.25) is 0 Å². The lowest BCUT2D eigenvalue weighted by Gasteiger charge is -2.17. The average molecular weight is 159 g/mol. The van der Waals surface area contributed by atoms with Crippen molar-refractivity contribution in [2.24, 2.45) is 5.73 Å². The quantitative estimate of drug-likeness (QED) is 0.493. The Bertz CT molecular complexity index is 163. The lowest BCUT2D eigenvalue weighted by Crippen LogP contribution is -2.34. The number of carboxylic acids is 1. The van der Waals surface area contributed by atoms with Crippen LogP contribution >= 0.6 is 0 Å². The summed E-state index contributed by atoms with van der Waals surface area (Å²) in [5.41, 5.74) is 4.84. The van der Waals surface area contributed by atoms with Crippen LogP contribution in [0.2, 0.25) is 0 Å². The third-order valence-corrected chi connectivity index (χ3v) is 1.26. The summed E-state index contributed by atoms with van der Waals surface area (Å²) in [5.74, 6) is -1.03. The van der Waals surface area contributed by atoms with Gasteiger partial charge in [0.25, 0.3) is 0 Å². The van der Waals surface area contributed by atoms with Crippen molar-refractivity contribution in [1.29, 1.82) is 0 Å². The van der Waals surface area contributed by atoms with Gasteiger partial charge in [-0.15, -0.1) is 0 Å². The van der Waals surface area contributed by atoms with Crippen molar-refractivity contribution in [3.05, 3.63) is 12.2 Å². The molecular formula is C7H13NO3. The van der Waals surface area contributed by atoms with Crippen LogP contribution < -0.4 is 5.73 Å². The predicted octanol–water partition coefficient (Wildman–Crippen LogP) is -0.273. The van der Waals surface area contributed by atoms with E-state index >= 15 is 0 Å². The minimum atomic E-state index is -1.03. The fraction of sp³-hybridized carbons (Fsp3) is 0.571. The van der Waals surface area contributed by atoms with Crippen molar-refractivity contribution in [2.75, 3.05) is 6.61 Å². The van der Waals surface area contributed by atoms with Gasteiger partial charge >= 0.3 is 5.97 Å². The molecule has 0 aliphatic carbocycles. The highest BCUT2D eigenvalue weighted by molar-refractivity contribution is 5.79. The number of aliphatic hydroxyl groups excluding tert-OH is 1. The van der Waals surface area contributed by atoms with Crippen molar-refractivity contribution in [3.8, 4) is 0 Å². The number of aliphatic hydroxyl groups is 1. The average Bonchev–Trinajstić information content (AvgIpc) is 1.84. The van der Waals surface area contributed by atoms with E-state index in [0.29, 0.717) is 6.42 Å². The second-order valence-corrected chi connectivity index (χ2v) is 2.65. The monoisotopic (exact) mass is 159 g/mol. The molecular weight excluding hydrogens is 146 g/mol. The molecule has 0 spiro atoms. The zero-order valence-electron chi connectivity index (χ0n) is 6.45. The van der Waals surface area contributed by atoms with Crippen molar-refractivity contribution in [1.82, 2.24) is 0 Å².